The average molecular weight is 462 g/mol. The second-order valence-corrected chi connectivity index (χ2v) is 9.01. The molecule has 1 saturated heterocycles. The normalized spacial score (nSPS) is 14.2. The summed E-state index contributed by atoms with van der Waals surface area (Å²) in [5, 5.41) is 3.61. The number of hydrogen-bond acceptors (Lipinski definition) is 3. The van der Waals surface area contributed by atoms with Crippen molar-refractivity contribution in [1.82, 2.24) is 15.2 Å². The molecule has 1 aromatic heterocycles. The number of pyridine rings is 1. The summed E-state index contributed by atoms with van der Waals surface area (Å²) < 4.78 is 0. The number of carbonyl (C=O) groups excluding carboxylic acids is 2. The Morgan fingerprint density at radius 1 is 1.03 bits per heavy atom. The van der Waals surface area contributed by atoms with Crippen molar-refractivity contribution in [3.05, 3.63) is 99.3 Å². The maximum absolute atomic E-state index is 13.1. The summed E-state index contributed by atoms with van der Waals surface area (Å²) in [6.45, 7) is 5.70. The number of likely N-dealkylation sites (tertiary alicyclic amines) is 1. The van der Waals surface area contributed by atoms with Gasteiger partial charge in [0.05, 0.1) is 11.3 Å². The zero-order chi connectivity index (χ0) is 23.4. The van der Waals surface area contributed by atoms with Crippen LogP contribution in [-0.4, -0.2) is 34.8 Å². The van der Waals surface area contributed by atoms with Gasteiger partial charge in [-0.25, -0.2) is 0 Å². The Morgan fingerprint density at radius 2 is 1.79 bits per heavy atom. The zero-order valence-corrected chi connectivity index (χ0v) is 19.7. The van der Waals surface area contributed by atoms with Gasteiger partial charge in [0.1, 0.15) is 0 Å². The molecular formula is C27H28ClN3O2. The van der Waals surface area contributed by atoms with E-state index >= 15 is 0 Å². The van der Waals surface area contributed by atoms with Crippen LogP contribution in [0.4, 0.5) is 0 Å². The number of hydrogen-bond donors (Lipinski definition) is 1. The standard InChI is InChI=1S/C27H28ClN3O2/c1-18-6-3-4-7-22(18)17-29-26(32)24-11-10-19(2)30-25(24)20-12-14-31(15-13-20)27(33)21-8-5-9-23(28)16-21/h3-11,16,20H,12-15,17H2,1-2H3,(H,29,32). The van der Waals surface area contributed by atoms with Crippen molar-refractivity contribution in [2.45, 2.75) is 39.2 Å². The molecule has 2 amide bonds. The van der Waals surface area contributed by atoms with Crippen LogP contribution >= 0.6 is 11.6 Å². The van der Waals surface area contributed by atoms with Crippen LogP contribution in [0, 0.1) is 13.8 Å². The SMILES string of the molecule is Cc1ccc(C(=O)NCc2ccccc2C)c(C2CCN(C(=O)c3cccc(Cl)c3)CC2)n1. The zero-order valence-electron chi connectivity index (χ0n) is 19.0. The number of aromatic nitrogens is 1. The summed E-state index contributed by atoms with van der Waals surface area (Å²) in [4.78, 5) is 32.5. The topological polar surface area (TPSA) is 62.3 Å². The van der Waals surface area contributed by atoms with Crippen molar-refractivity contribution in [3.63, 3.8) is 0 Å². The van der Waals surface area contributed by atoms with Gasteiger partial charge < -0.3 is 10.2 Å². The molecule has 3 aromatic rings. The predicted octanol–water partition coefficient (Wildman–Crippen LogP) is 5.30. The van der Waals surface area contributed by atoms with Gasteiger partial charge in [-0.3, -0.25) is 14.6 Å². The molecule has 0 bridgehead atoms. The van der Waals surface area contributed by atoms with Crippen LogP contribution in [0.1, 0.15) is 62.0 Å². The van der Waals surface area contributed by atoms with Crippen LogP contribution in [0.2, 0.25) is 5.02 Å². The molecule has 0 saturated carbocycles. The first-order valence-corrected chi connectivity index (χ1v) is 11.7. The van der Waals surface area contributed by atoms with Crippen molar-refractivity contribution in [2.24, 2.45) is 0 Å². The summed E-state index contributed by atoms with van der Waals surface area (Å²) in [6.07, 6.45) is 1.53. The van der Waals surface area contributed by atoms with Crippen molar-refractivity contribution >= 4 is 23.4 Å². The summed E-state index contributed by atoms with van der Waals surface area (Å²) in [5.41, 5.74) is 5.18. The lowest BCUT2D eigenvalue weighted by molar-refractivity contribution is 0.0710. The van der Waals surface area contributed by atoms with Gasteiger partial charge in [-0.05, 0) is 68.1 Å². The number of aryl methyl sites for hydroxylation is 2. The van der Waals surface area contributed by atoms with Gasteiger partial charge in [-0.1, -0.05) is 41.9 Å². The Kier molecular flexibility index (Phi) is 7.09. The van der Waals surface area contributed by atoms with E-state index in [4.69, 9.17) is 16.6 Å². The minimum absolute atomic E-state index is 0.00986. The van der Waals surface area contributed by atoms with Crippen molar-refractivity contribution in [2.75, 3.05) is 13.1 Å². The van der Waals surface area contributed by atoms with Crippen LogP contribution < -0.4 is 5.32 Å². The summed E-state index contributed by atoms with van der Waals surface area (Å²) in [5.74, 6) is 0.00931. The van der Waals surface area contributed by atoms with Gasteiger partial charge in [-0.2, -0.15) is 0 Å². The largest absolute Gasteiger partial charge is 0.348 e. The van der Waals surface area contributed by atoms with Crippen LogP contribution in [0.5, 0.6) is 0 Å². The molecule has 0 atom stereocenters. The van der Waals surface area contributed by atoms with Crippen molar-refractivity contribution < 1.29 is 9.59 Å². The van der Waals surface area contributed by atoms with Gasteiger partial charge >= 0.3 is 0 Å². The average Bonchev–Trinajstić information content (AvgIpc) is 2.83. The molecule has 170 valence electrons. The molecule has 5 nitrogen and oxygen atoms in total. The van der Waals surface area contributed by atoms with E-state index in [1.54, 1.807) is 24.3 Å². The van der Waals surface area contributed by atoms with Crippen LogP contribution in [0.15, 0.2) is 60.7 Å². The first-order chi connectivity index (χ1) is 15.9. The molecule has 0 radical (unpaired) electrons. The molecular weight excluding hydrogens is 434 g/mol. The van der Waals surface area contributed by atoms with Gasteiger partial charge in [-0.15, -0.1) is 0 Å². The molecule has 4 rings (SSSR count). The van der Waals surface area contributed by atoms with E-state index in [0.717, 1.165) is 35.4 Å². The molecule has 2 heterocycles. The van der Waals surface area contributed by atoms with E-state index in [9.17, 15) is 9.59 Å². The summed E-state index contributed by atoms with van der Waals surface area (Å²) in [6, 6.07) is 18.8. The highest BCUT2D eigenvalue weighted by atomic mass is 35.5. The number of carbonyl (C=O) groups is 2. The van der Waals surface area contributed by atoms with Crippen molar-refractivity contribution in [1.29, 1.82) is 0 Å². The smallest absolute Gasteiger partial charge is 0.253 e. The lowest BCUT2D eigenvalue weighted by atomic mass is 9.89. The molecule has 0 spiro atoms. The highest BCUT2D eigenvalue weighted by molar-refractivity contribution is 6.30. The van der Waals surface area contributed by atoms with Crippen LogP contribution in [0.3, 0.4) is 0 Å². The molecule has 0 aliphatic carbocycles. The van der Waals surface area contributed by atoms with E-state index in [-0.39, 0.29) is 17.7 Å². The third-order valence-electron chi connectivity index (χ3n) is 6.25. The molecule has 33 heavy (non-hydrogen) atoms. The monoisotopic (exact) mass is 461 g/mol. The van der Waals surface area contributed by atoms with Gasteiger partial charge in [0, 0.05) is 41.8 Å². The second kappa shape index (κ2) is 10.2. The molecule has 6 heteroatoms. The van der Waals surface area contributed by atoms with Crippen molar-refractivity contribution in [3.8, 4) is 0 Å². The number of nitrogens with zero attached hydrogens (tertiary/aromatic N) is 2. The third-order valence-corrected chi connectivity index (χ3v) is 6.48. The molecule has 1 N–H and O–H groups in total. The van der Waals surface area contributed by atoms with E-state index in [1.807, 2.05) is 55.1 Å². The predicted molar refractivity (Wildman–Crippen MR) is 131 cm³/mol. The Labute approximate surface area is 199 Å². The Bertz CT molecular complexity index is 1170. The Morgan fingerprint density at radius 3 is 2.52 bits per heavy atom. The molecule has 2 aromatic carbocycles. The van der Waals surface area contributed by atoms with Crippen LogP contribution in [0.25, 0.3) is 0 Å². The minimum Gasteiger partial charge on any atom is -0.348 e. The highest BCUT2D eigenvalue weighted by Crippen LogP contribution is 2.30. The van der Waals surface area contributed by atoms with Crippen LogP contribution in [-0.2, 0) is 6.54 Å². The van der Waals surface area contributed by atoms with Gasteiger partial charge in [0.25, 0.3) is 11.8 Å². The van der Waals surface area contributed by atoms with Gasteiger partial charge in [0.15, 0.2) is 0 Å². The number of rotatable bonds is 5. The molecule has 0 unspecified atom stereocenters. The number of benzene rings is 2. The lowest BCUT2D eigenvalue weighted by Gasteiger charge is -2.32. The molecule has 1 fully saturated rings. The first kappa shape index (κ1) is 23.0. The quantitative estimate of drug-likeness (QED) is 0.560. The van der Waals surface area contributed by atoms with E-state index < -0.39 is 0 Å². The highest BCUT2D eigenvalue weighted by Gasteiger charge is 2.28. The summed E-state index contributed by atoms with van der Waals surface area (Å²) in [7, 11) is 0. The fraction of sp³-hybridized carbons (Fsp3) is 0.296. The third kappa shape index (κ3) is 5.42. The second-order valence-electron chi connectivity index (χ2n) is 8.57. The molecule has 1 aliphatic heterocycles. The number of amides is 2. The van der Waals surface area contributed by atoms with Gasteiger partial charge in [0.2, 0.25) is 0 Å². The summed E-state index contributed by atoms with van der Waals surface area (Å²) >= 11 is 6.05. The fourth-order valence-electron chi connectivity index (χ4n) is 4.32. The Hall–Kier alpha value is -3.18. The number of nitrogens with one attached hydrogen (secondary N) is 1. The fourth-order valence-corrected chi connectivity index (χ4v) is 4.51. The Balaban J connectivity index is 1.45. The molecule has 1 aliphatic rings. The van der Waals surface area contributed by atoms with E-state index in [0.29, 0.717) is 35.8 Å². The van der Waals surface area contributed by atoms with E-state index in [2.05, 4.69) is 5.32 Å². The van der Waals surface area contributed by atoms with E-state index in [1.165, 1.54) is 0 Å². The minimum atomic E-state index is -0.113. The maximum Gasteiger partial charge on any atom is 0.253 e. The number of piperidine rings is 1. The first-order valence-electron chi connectivity index (χ1n) is 11.3. The number of halogens is 1. The maximum atomic E-state index is 13.1. The lowest BCUT2D eigenvalue weighted by Crippen LogP contribution is -2.38.